The SMILES string of the molecule is COc1cc2ncnc(N3CC(C(=O)N4CCc5sccc5C4)C3)c2cc1OC. The summed E-state index contributed by atoms with van der Waals surface area (Å²) in [5.74, 6) is 2.37. The number of hydrogen-bond acceptors (Lipinski definition) is 7. The van der Waals surface area contributed by atoms with Crippen molar-refractivity contribution in [1.82, 2.24) is 14.9 Å². The number of carbonyl (C=O) groups excluding carboxylic acids is 1. The van der Waals surface area contributed by atoms with Gasteiger partial charge in [0, 0.05) is 42.5 Å². The van der Waals surface area contributed by atoms with Gasteiger partial charge in [-0.2, -0.15) is 0 Å². The smallest absolute Gasteiger partial charge is 0.229 e. The van der Waals surface area contributed by atoms with Crippen molar-refractivity contribution in [2.45, 2.75) is 13.0 Å². The minimum atomic E-state index is 0.0142. The molecule has 29 heavy (non-hydrogen) atoms. The summed E-state index contributed by atoms with van der Waals surface area (Å²) in [4.78, 5) is 27.4. The van der Waals surface area contributed by atoms with E-state index in [1.54, 1.807) is 31.9 Å². The van der Waals surface area contributed by atoms with Crippen LogP contribution in [0.3, 0.4) is 0 Å². The van der Waals surface area contributed by atoms with Gasteiger partial charge in [-0.3, -0.25) is 4.79 Å². The summed E-state index contributed by atoms with van der Waals surface area (Å²) < 4.78 is 10.8. The molecule has 0 saturated carbocycles. The molecule has 0 atom stereocenters. The van der Waals surface area contributed by atoms with Crippen LogP contribution >= 0.6 is 11.3 Å². The summed E-state index contributed by atoms with van der Waals surface area (Å²) in [6.45, 7) is 2.90. The lowest BCUT2D eigenvalue weighted by Gasteiger charge is -2.42. The monoisotopic (exact) mass is 410 g/mol. The number of amides is 1. The van der Waals surface area contributed by atoms with E-state index in [0.717, 1.165) is 36.2 Å². The van der Waals surface area contributed by atoms with Crippen LogP contribution < -0.4 is 14.4 Å². The topological polar surface area (TPSA) is 67.8 Å². The van der Waals surface area contributed by atoms with E-state index in [9.17, 15) is 4.79 Å². The number of aromatic nitrogens is 2. The summed E-state index contributed by atoms with van der Waals surface area (Å²) >= 11 is 1.79. The Morgan fingerprint density at radius 1 is 1.17 bits per heavy atom. The molecule has 0 bridgehead atoms. The molecule has 7 nitrogen and oxygen atoms in total. The summed E-state index contributed by atoms with van der Waals surface area (Å²) in [5.41, 5.74) is 2.09. The highest BCUT2D eigenvalue weighted by Crippen LogP contribution is 2.37. The number of ether oxygens (including phenoxy) is 2. The predicted molar refractivity (Wildman–Crippen MR) is 112 cm³/mol. The number of carbonyl (C=O) groups is 1. The Hall–Kier alpha value is -2.87. The molecule has 0 spiro atoms. The molecule has 1 fully saturated rings. The number of benzene rings is 1. The van der Waals surface area contributed by atoms with Gasteiger partial charge >= 0.3 is 0 Å². The molecule has 150 valence electrons. The van der Waals surface area contributed by atoms with Crippen molar-refractivity contribution in [2.75, 3.05) is 38.8 Å². The summed E-state index contributed by atoms with van der Waals surface area (Å²) in [6, 6.07) is 5.90. The molecule has 0 unspecified atom stereocenters. The number of anilines is 1. The van der Waals surface area contributed by atoms with Crippen LogP contribution in [0.1, 0.15) is 10.4 Å². The first kappa shape index (κ1) is 18.2. The Morgan fingerprint density at radius 2 is 1.97 bits per heavy atom. The molecule has 0 N–H and O–H groups in total. The average Bonchev–Trinajstić information content (AvgIpc) is 3.19. The molecular weight excluding hydrogens is 388 g/mol. The van der Waals surface area contributed by atoms with Gasteiger partial charge in [-0.1, -0.05) is 0 Å². The number of fused-ring (bicyclic) bond motifs is 2. The van der Waals surface area contributed by atoms with E-state index in [0.29, 0.717) is 24.6 Å². The van der Waals surface area contributed by atoms with Crippen LogP contribution in [-0.2, 0) is 17.8 Å². The molecule has 2 aliphatic rings. The van der Waals surface area contributed by atoms with Gasteiger partial charge in [0.05, 0.1) is 25.7 Å². The van der Waals surface area contributed by atoms with Gasteiger partial charge < -0.3 is 19.3 Å². The first-order valence-corrected chi connectivity index (χ1v) is 10.5. The molecule has 3 aromatic rings. The number of methoxy groups -OCH3 is 2. The van der Waals surface area contributed by atoms with Crippen LogP contribution in [-0.4, -0.2) is 54.6 Å². The molecule has 5 rings (SSSR count). The second-order valence-corrected chi connectivity index (χ2v) is 8.40. The Kier molecular flexibility index (Phi) is 4.50. The first-order valence-electron chi connectivity index (χ1n) is 9.63. The van der Waals surface area contributed by atoms with E-state index >= 15 is 0 Å². The van der Waals surface area contributed by atoms with E-state index in [2.05, 4.69) is 26.3 Å². The Balaban J connectivity index is 1.33. The predicted octanol–water partition coefficient (Wildman–Crippen LogP) is 2.73. The quantitative estimate of drug-likeness (QED) is 0.659. The van der Waals surface area contributed by atoms with Crippen molar-refractivity contribution in [2.24, 2.45) is 5.92 Å². The highest BCUT2D eigenvalue weighted by molar-refractivity contribution is 7.10. The van der Waals surface area contributed by atoms with Crippen LogP contribution in [0.25, 0.3) is 10.9 Å². The zero-order valence-corrected chi connectivity index (χ0v) is 17.2. The van der Waals surface area contributed by atoms with Crippen LogP contribution in [0.2, 0.25) is 0 Å². The largest absolute Gasteiger partial charge is 0.493 e. The average molecular weight is 410 g/mol. The van der Waals surface area contributed by atoms with Gasteiger partial charge in [0.15, 0.2) is 11.5 Å². The van der Waals surface area contributed by atoms with E-state index in [-0.39, 0.29) is 11.8 Å². The van der Waals surface area contributed by atoms with Crippen molar-refractivity contribution in [3.8, 4) is 11.5 Å². The molecular formula is C21H22N4O3S. The summed E-state index contributed by atoms with van der Waals surface area (Å²) in [6.07, 6.45) is 2.52. The summed E-state index contributed by atoms with van der Waals surface area (Å²) in [7, 11) is 3.22. The zero-order valence-electron chi connectivity index (χ0n) is 16.4. The second kappa shape index (κ2) is 7.18. The standard InChI is InChI=1S/C21H22N4O3S/c1-27-17-7-15-16(8-18(17)28-2)22-12-23-20(15)25-10-14(11-25)21(26)24-5-3-19-13(9-24)4-6-29-19/h4,6-8,12,14H,3,5,9-11H2,1-2H3. The maximum absolute atomic E-state index is 13.0. The van der Waals surface area contributed by atoms with E-state index in [1.807, 2.05) is 17.0 Å². The fraction of sp³-hybridized carbons (Fsp3) is 0.381. The normalized spacial score (nSPS) is 16.5. The fourth-order valence-corrected chi connectivity index (χ4v) is 5.01. The highest BCUT2D eigenvalue weighted by atomic mass is 32.1. The molecule has 1 amide bonds. The third-order valence-electron chi connectivity index (χ3n) is 5.77. The van der Waals surface area contributed by atoms with Crippen molar-refractivity contribution in [3.05, 3.63) is 40.3 Å². The fourth-order valence-electron chi connectivity index (χ4n) is 4.12. The first-order chi connectivity index (χ1) is 14.2. The van der Waals surface area contributed by atoms with Crippen molar-refractivity contribution in [3.63, 3.8) is 0 Å². The minimum absolute atomic E-state index is 0.0142. The molecule has 0 aliphatic carbocycles. The third kappa shape index (κ3) is 3.07. The van der Waals surface area contributed by atoms with Crippen LogP contribution in [0.5, 0.6) is 11.5 Å². The number of nitrogens with zero attached hydrogens (tertiary/aromatic N) is 4. The molecule has 4 heterocycles. The Bertz CT molecular complexity index is 1080. The Labute approximate surface area is 172 Å². The zero-order chi connectivity index (χ0) is 20.0. The molecule has 1 saturated heterocycles. The maximum Gasteiger partial charge on any atom is 0.229 e. The molecule has 1 aromatic carbocycles. The van der Waals surface area contributed by atoms with E-state index < -0.39 is 0 Å². The van der Waals surface area contributed by atoms with Gasteiger partial charge in [0.25, 0.3) is 0 Å². The van der Waals surface area contributed by atoms with Gasteiger partial charge in [-0.05, 0) is 29.5 Å². The van der Waals surface area contributed by atoms with Gasteiger partial charge in [0.1, 0.15) is 12.1 Å². The second-order valence-electron chi connectivity index (χ2n) is 7.40. The van der Waals surface area contributed by atoms with Crippen molar-refractivity contribution in [1.29, 1.82) is 0 Å². The maximum atomic E-state index is 13.0. The van der Waals surface area contributed by atoms with Gasteiger partial charge in [-0.15, -0.1) is 11.3 Å². The minimum Gasteiger partial charge on any atom is -0.493 e. The lowest BCUT2D eigenvalue weighted by molar-refractivity contribution is -0.137. The number of hydrogen-bond donors (Lipinski definition) is 0. The van der Waals surface area contributed by atoms with E-state index in [4.69, 9.17) is 9.47 Å². The molecule has 8 heteroatoms. The molecule has 0 radical (unpaired) electrons. The lowest BCUT2D eigenvalue weighted by Crippen LogP contribution is -2.55. The summed E-state index contributed by atoms with van der Waals surface area (Å²) in [5, 5.41) is 3.02. The highest BCUT2D eigenvalue weighted by Gasteiger charge is 2.37. The van der Waals surface area contributed by atoms with E-state index in [1.165, 1.54) is 10.4 Å². The lowest BCUT2D eigenvalue weighted by atomic mass is 9.96. The number of thiophene rings is 1. The van der Waals surface area contributed by atoms with Gasteiger partial charge in [-0.25, -0.2) is 9.97 Å². The van der Waals surface area contributed by atoms with Crippen LogP contribution in [0.4, 0.5) is 5.82 Å². The van der Waals surface area contributed by atoms with Crippen LogP contribution in [0.15, 0.2) is 29.9 Å². The van der Waals surface area contributed by atoms with Crippen LogP contribution in [0, 0.1) is 5.92 Å². The Morgan fingerprint density at radius 3 is 2.76 bits per heavy atom. The van der Waals surface area contributed by atoms with Crippen molar-refractivity contribution < 1.29 is 14.3 Å². The number of rotatable bonds is 4. The molecule has 2 aromatic heterocycles. The van der Waals surface area contributed by atoms with Gasteiger partial charge in [0.2, 0.25) is 5.91 Å². The molecule has 2 aliphatic heterocycles. The van der Waals surface area contributed by atoms with Crippen molar-refractivity contribution >= 4 is 34.0 Å². The third-order valence-corrected chi connectivity index (χ3v) is 6.79.